The number of rotatable bonds is 6. The first-order valence-corrected chi connectivity index (χ1v) is 12.7. The molecule has 1 aliphatic rings. The molecule has 0 radical (unpaired) electrons. The SMILES string of the molecule is CCCn1cc(-c2ccnc(Nc3cccc(N4CCN(C(C)=O)CC4)c3)n2)c2nc(Cl)cc(C)c21. The number of amides is 1. The van der Waals surface area contributed by atoms with Crippen LogP contribution in [-0.2, 0) is 11.3 Å². The molecule has 0 unspecified atom stereocenters. The van der Waals surface area contributed by atoms with E-state index in [0.717, 1.165) is 78.4 Å². The van der Waals surface area contributed by atoms with Gasteiger partial charge in [0, 0.05) is 69.0 Å². The number of aromatic nitrogens is 4. The molecule has 0 bridgehead atoms. The first-order chi connectivity index (χ1) is 17.4. The number of anilines is 3. The number of aryl methyl sites for hydroxylation is 2. The van der Waals surface area contributed by atoms with Crippen molar-refractivity contribution in [3.63, 3.8) is 0 Å². The zero-order valence-electron chi connectivity index (χ0n) is 20.8. The number of halogens is 1. The molecular formula is C27H30ClN7O. The summed E-state index contributed by atoms with van der Waals surface area (Å²) in [5.74, 6) is 0.647. The van der Waals surface area contributed by atoms with Crippen molar-refractivity contribution in [2.24, 2.45) is 0 Å². The lowest BCUT2D eigenvalue weighted by Crippen LogP contribution is -2.48. The van der Waals surface area contributed by atoms with Gasteiger partial charge in [-0.3, -0.25) is 4.79 Å². The smallest absolute Gasteiger partial charge is 0.227 e. The van der Waals surface area contributed by atoms with Crippen LogP contribution in [0, 0.1) is 6.92 Å². The Labute approximate surface area is 215 Å². The van der Waals surface area contributed by atoms with Gasteiger partial charge in [0.1, 0.15) is 5.15 Å². The highest BCUT2D eigenvalue weighted by Crippen LogP contribution is 2.32. The summed E-state index contributed by atoms with van der Waals surface area (Å²) in [5, 5.41) is 3.83. The maximum Gasteiger partial charge on any atom is 0.227 e. The Morgan fingerprint density at radius 1 is 1.11 bits per heavy atom. The van der Waals surface area contributed by atoms with Crippen LogP contribution in [0.1, 0.15) is 25.8 Å². The minimum atomic E-state index is 0.132. The number of carbonyl (C=O) groups excluding carboxylic acids is 1. The van der Waals surface area contributed by atoms with Gasteiger partial charge in [-0.15, -0.1) is 0 Å². The van der Waals surface area contributed by atoms with Crippen molar-refractivity contribution < 1.29 is 4.79 Å². The van der Waals surface area contributed by atoms with Gasteiger partial charge in [-0.25, -0.2) is 15.0 Å². The highest BCUT2D eigenvalue weighted by atomic mass is 35.5. The van der Waals surface area contributed by atoms with Gasteiger partial charge >= 0.3 is 0 Å². The summed E-state index contributed by atoms with van der Waals surface area (Å²) in [7, 11) is 0. The summed E-state index contributed by atoms with van der Waals surface area (Å²) in [4.78, 5) is 29.7. The van der Waals surface area contributed by atoms with E-state index in [4.69, 9.17) is 16.6 Å². The number of nitrogens with one attached hydrogen (secondary N) is 1. The molecule has 4 heterocycles. The predicted octanol–water partition coefficient (Wildman–Crippen LogP) is 5.28. The molecule has 9 heteroatoms. The first-order valence-electron chi connectivity index (χ1n) is 12.3. The van der Waals surface area contributed by atoms with Crippen molar-refractivity contribution in [3.8, 4) is 11.3 Å². The molecule has 1 N–H and O–H groups in total. The number of hydrogen-bond acceptors (Lipinski definition) is 6. The van der Waals surface area contributed by atoms with Crippen LogP contribution >= 0.6 is 11.6 Å². The number of fused-ring (bicyclic) bond motifs is 1. The minimum absolute atomic E-state index is 0.132. The van der Waals surface area contributed by atoms with Crippen molar-refractivity contribution in [1.82, 2.24) is 24.4 Å². The molecule has 5 rings (SSSR count). The van der Waals surface area contributed by atoms with Crippen molar-refractivity contribution in [3.05, 3.63) is 59.5 Å². The van der Waals surface area contributed by atoms with Crippen LogP contribution in [0.3, 0.4) is 0 Å². The van der Waals surface area contributed by atoms with Gasteiger partial charge in [-0.1, -0.05) is 24.6 Å². The van der Waals surface area contributed by atoms with Gasteiger partial charge in [0.2, 0.25) is 11.9 Å². The molecule has 8 nitrogen and oxygen atoms in total. The highest BCUT2D eigenvalue weighted by Gasteiger charge is 2.19. The molecule has 36 heavy (non-hydrogen) atoms. The summed E-state index contributed by atoms with van der Waals surface area (Å²) in [6, 6.07) is 12.0. The van der Waals surface area contributed by atoms with Crippen molar-refractivity contribution >= 4 is 45.9 Å². The Hall–Kier alpha value is -3.65. The Morgan fingerprint density at radius 3 is 2.67 bits per heavy atom. The molecule has 1 saturated heterocycles. The normalized spacial score (nSPS) is 13.9. The van der Waals surface area contributed by atoms with Crippen molar-refractivity contribution in [1.29, 1.82) is 0 Å². The predicted molar refractivity (Wildman–Crippen MR) is 145 cm³/mol. The summed E-state index contributed by atoms with van der Waals surface area (Å²) >= 11 is 6.32. The summed E-state index contributed by atoms with van der Waals surface area (Å²) in [6.07, 6.45) is 4.88. The molecular weight excluding hydrogens is 474 g/mol. The number of piperazine rings is 1. The standard InChI is InChI=1S/C27H30ClN7O/c1-4-10-35-17-22(25-26(35)18(2)15-24(28)32-25)23-8-9-29-27(31-23)30-20-6-5-7-21(16-20)34-13-11-33(12-14-34)19(3)36/h5-9,15-17H,4,10-14H2,1-3H3,(H,29,30,31). The number of pyridine rings is 1. The van der Waals surface area contributed by atoms with E-state index in [2.05, 4.69) is 56.9 Å². The van der Waals surface area contributed by atoms with Crippen LogP contribution in [0.25, 0.3) is 22.3 Å². The second-order valence-corrected chi connectivity index (χ2v) is 9.52. The third kappa shape index (κ3) is 4.86. The molecule has 0 atom stereocenters. The zero-order valence-corrected chi connectivity index (χ0v) is 21.6. The van der Waals surface area contributed by atoms with E-state index in [9.17, 15) is 4.79 Å². The van der Waals surface area contributed by atoms with Crippen molar-refractivity contribution in [2.75, 3.05) is 36.4 Å². The molecule has 0 saturated carbocycles. The van der Waals surface area contributed by atoms with Crippen LogP contribution in [-0.4, -0.2) is 56.5 Å². The fourth-order valence-electron chi connectivity index (χ4n) is 4.82. The summed E-state index contributed by atoms with van der Waals surface area (Å²) in [5.41, 5.74) is 6.77. The van der Waals surface area contributed by atoms with E-state index < -0.39 is 0 Å². The van der Waals surface area contributed by atoms with Crippen LogP contribution in [0.15, 0.2) is 48.8 Å². The number of hydrogen-bond donors (Lipinski definition) is 1. The Morgan fingerprint density at radius 2 is 1.92 bits per heavy atom. The molecule has 1 fully saturated rings. The second kappa shape index (κ2) is 10.1. The maximum absolute atomic E-state index is 11.6. The fourth-order valence-corrected chi connectivity index (χ4v) is 5.07. The number of nitrogens with zero attached hydrogens (tertiary/aromatic N) is 6. The van der Waals surface area contributed by atoms with Gasteiger partial charge in [0.05, 0.1) is 16.7 Å². The van der Waals surface area contributed by atoms with Gasteiger partial charge in [-0.2, -0.15) is 0 Å². The van der Waals surface area contributed by atoms with Crippen LogP contribution in [0.2, 0.25) is 5.15 Å². The molecule has 1 amide bonds. The molecule has 186 valence electrons. The monoisotopic (exact) mass is 503 g/mol. The highest BCUT2D eigenvalue weighted by molar-refractivity contribution is 6.30. The maximum atomic E-state index is 11.6. The van der Waals surface area contributed by atoms with E-state index in [1.54, 1.807) is 13.1 Å². The molecule has 4 aromatic rings. The average molecular weight is 504 g/mol. The third-order valence-electron chi connectivity index (χ3n) is 6.57. The van der Waals surface area contributed by atoms with Gasteiger partial charge in [-0.05, 0) is 49.2 Å². The van der Waals surface area contributed by atoms with Gasteiger partial charge < -0.3 is 19.7 Å². The molecule has 0 aliphatic carbocycles. The summed E-state index contributed by atoms with van der Waals surface area (Å²) < 4.78 is 2.23. The Kier molecular flexibility index (Phi) is 6.78. The van der Waals surface area contributed by atoms with Crippen LogP contribution in [0.5, 0.6) is 0 Å². The lowest BCUT2D eigenvalue weighted by atomic mass is 10.1. The second-order valence-electron chi connectivity index (χ2n) is 9.13. The van der Waals surface area contributed by atoms with Crippen molar-refractivity contribution in [2.45, 2.75) is 33.7 Å². The van der Waals surface area contributed by atoms with Crippen LogP contribution < -0.4 is 10.2 Å². The summed E-state index contributed by atoms with van der Waals surface area (Å²) in [6.45, 7) is 9.84. The van der Waals surface area contributed by atoms with E-state index in [1.165, 1.54) is 0 Å². The van der Waals surface area contributed by atoms with Gasteiger partial charge in [0.15, 0.2) is 0 Å². The van der Waals surface area contributed by atoms with E-state index >= 15 is 0 Å². The topological polar surface area (TPSA) is 79.2 Å². The average Bonchev–Trinajstić information content (AvgIpc) is 3.23. The van der Waals surface area contributed by atoms with E-state index in [1.807, 2.05) is 29.2 Å². The fraction of sp³-hybridized carbons (Fsp3) is 0.333. The molecule has 3 aromatic heterocycles. The van der Waals surface area contributed by atoms with E-state index in [-0.39, 0.29) is 5.91 Å². The number of benzene rings is 1. The lowest BCUT2D eigenvalue weighted by molar-refractivity contribution is -0.129. The lowest BCUT2D eigenvalue weighted by Gasteiger charge is -2.35. The Bertz CT molecular complexity index is 1410. The first kappa shape index (κ1) is 24.1. The minimum Gasteiger partial charge on any atom is -0.368 e. The Balaban J connectivity index is 1.41. The molecule has 0 spiro atoms. The van der Waals surface area contributed by atoms with Gasteiger partial charge in [0.25, 0.3) is 0 Å². The largest absolute Gasteiger partial charge is 0.368 e. The molecule has 1 aliphatic heterocycles. The quantitative estimate of drug-likeness (QED) is 0.361. The number of carbonyl (C=O) groups is 1. The van der Waals surface area contributed by atoms with Crippen LogP contribution in [0.4, 0.5) is 17.3 Å². The zero-order chi connectivity index (χ0) is 25.2. The van der Waals surface area contributed by atoms with E-state index in [0.29, 0.717) is 11.1 Å². The third-order valence-corrected chi connectivity index (χ3v) is 6.76. The molecule has 1 aromatic carbocycles.